The first-order valence-corrected chi connectivity index (χ1v) is 4.89. The Morgan fingerprint density at radius 3 is 2.32 bits per heavy atom. The van der Waals surface area contributed by atoms with E-state index in [4.69, 9.17) is 5.11 Å². The zero-order valence-corrected chi connectivity index (χ0v) is 9.82. The van der Waals surface area contributed by atoms with Gasteiger partial charge in [0.25, 0.3) is 0 Å². The number of carboxylic acid groups (broad SMARTS) is 1. The average molecular weight is 287 g/mol. The van der Waals surface area contributed by atoms with Gasteiger partial charge in [-0.1, -0.05) is 0 Å². The van der Waals surface area contributed by atoms with E-state index in [9.17, 15) is 27.6 Å². The second-order valence-corrected chi connectivity index (χ2v) is 3.35. The van der Waals surface area contributed by atoms with Crippen molar-refractivity contribution in [2.24, 2.45) is 0 Å². The van der Waals surface area contributed by atoms with Crippen LogP contribution in [0, 0.1) is 0 Å². The number of halogens is 3. The number of hydrogen-bond acceptors (Lipinski definition) is 5. The van der Waals surface area contributed by atoms with Gasteiger partial charge in [0.05, 0.1) is 13.5 Å². The van der Waals surface area contributed by atoms with Crippen molar-refractivity contribution in [1.82, 2.24) is 5.32 Å². The number of carbonyl (C=O) groups is 3. The summed E-state index contributed by atoms with van der Waals surface area (Å²) in [6.45, 7) is -2.60. The van der Waals surface area contributed by atoms with E-state index < -0.39 is 49.7 Å². The number of ether oxygens (including phenoxy) is 2. The highest BCUT2D eigenvalue weighted by molar-refractivity contribution is 5.87. The van der Waals surface area contributed by atoms with Crippen LogP contribution in [-0.4, -0.2) is 55.5 Å². The number of hydrogen-bond donors (Lipinski definition) is 2. The fourth-order valence-corrected chi connectivity index (χ4v) is 0.946. The van der Waals surface area contributed by atoms with Crippen molar-refractivity contribution < 1.29 is 42.1 Å². The molecule has 0 radical (unpaired) electrons. The number of nitrogens with one attached hydrogen (secondary N) is 1. The highest BCUT2D eigenvalue weighted by atomic mass is 19.4. The van der Waals surface area contributed by atoms with Crippen molar-refractivity contribution in [3.8, 4) is 0 Å². The summed E-state index contributed by atoms with van der Waals surface area (Å²) >= 11 is 0. The minimum absolute atomic E-state index is 0.642. The Bertz CT molecular complexity index is 343. The Balaban J connectivity index is 4.18. The molecule has 10 heteroatoms. The topological polar surface area (TPSA) is 102 Å². The van der Waals surface area contributed by atoms with E-state index in [1.807, 2.05) is 5.32 Å². The maximum atomic E-state index is 11.7. The van der Waals surface area contributed by atoms with Gasteiger partial charge in [0.2, 0.25) is 5.91 Å². The molecular weight excluding hydrogens is 275 g/mol. The lowest BCUT2D eigenvalue weighted by Crippen LogP contribution is -2.44. The Kier molecular flexibility index (Phi) is 6.83. The molecule has 0 heterocycles. The van der Waals surface area contributed by atoms with Crippen LogP contribution in [0.1, 0.15) is 6.42 Å². The van der Waals surface area contributed by atoms with Crippen molar-refractivity contribution in [2.75, 3.05) is 20.3 Å². The second-order valence-electron chi connectivity index (χ2n) is 3.35. The predicted octanol–water partition coefficient (Wildman–Crippen LogP) is -0.302. The van der Waals surface area contributed by atoms with E-state index in [1.165, 1.54) is 0 Å². The first-order valence-electron chi connectivity index (χ1n) is 4.89. The number of amides is 1. The van der Waals surface area contributed by atoms with Gasteiger partial charge in [0.1, 0.15) is 19.3 Å². The number of alkyl halides is 3. The molecule has 0 aliphatic carbocycles. The highest BCUT2D eigenvalue weighted by Crippen LogP contribution is 2.14. The maximum Gasteiger partial charge on any atom is 0.411 e. The predicted molar refractivity (Wildman–Crippen MR) is 53.1 cm³/mol. The van der Waals surface area contributed by atoms with Gasteiger partial charge in [-0.15, -0.1) is 0 Å². The van der Waals surface area contributed by atoms with Gasteiger partial charge in [-0.3, -0.25) is 9.59 Å². The molecule has 0 aromatic carbocycles. The van der Waals surface area contributed by atoms with Gasteiger partial charge in [-0.05, 0) is 0 Å². The molecule has 0 aromatic rings. The van der Waals surface area contributed by atoms with Crippen LogP contribution in [-0.2, 0) is 23.9 Å². The molecule has 0 bridgehead atoms. The number of methoxy groups -OCH3 is 1. The molecule has 0 aromatic heterocycles. The van der Waals surface area contributed by atoms with Gasteiger partial charge < -0.3 is 19.9 Å². The van der Waals surface area contributed by atoms with Crippen LogP contribution in [0.5, 0.6) is 0 Å². The van der Waals surface area contributed by atoms with Crippen LogP contribution in [0.2, 0.25) is 0 Å². The molecule has 110 valence electrons. The zero-order chi connectivity index (χ0) is 15.1. The first-order chi connectivity index (χ1) is 8.65. The number of rotatable bonds is 7. The van der Waals surface area contributed by atoms with Crippen LogP contribution in [0.15, 0.2) is 0 Å². The van der Waals surface area contributed by atoms with E-state index in [-0.39, 0.29) is 0 Å². The molecule has 7 nitrogen and oxygen atoms in total. The number of aliphatic carboxylic acids is 1. The summed E-state index contributed by atoms with van der Waals surface area (Å²) in [7, 11) is 1.02. The molecule has 2 N–H and O–H groups in total. The summed E-state index contributed by atoms with van der Waals surface area (Å²) in [5.41, 5.74) is 0. The molecule has 0 saturated carbocycles. The van der Waals surface area contributed by atoms with Crippen molar-refractivity contribution in [3.05, 3.63) is 0 Å². The third-order valence-electron chi connectivity index (χ3n) is 1.73. The molecule has 1 atom stereocenters. The Labute approximate surface area is 105 Å². The molecule has 0 fully saturated rings. The summed E-state index contributed by atoms with van der Waals surface area (Å²) in [5, 5.41) is 10.5. The normalized spacial score (nSPS) is 12.6. The van der Waals surface area contributed by atoms with Gasteiger partial charge in [-0.2, -0.15) is 13.2 Å². The Morgan fingerprint density at radius 2 is 1.89 bits per heavy atom. The molecule has 0 spiro atoms. The molecule has 0 saturated heterocycles. The molecule has 0 aliphatic rings. The smallest absolute Gasteiger partial charge is 0.411 e. The number of carbonyl (C=O) groups excluding carboxylic acids is 2. The molecule has 0 unspecified atom stereocenters. The third-order valence-corrected chi connectivity index (χ3v) is 1.73. The average Bonchev–Trinajstić information content (AvgIpc) is 2.25. The van der Waals surface area contributed by atoms with Crippen LogP contribution in [0.25, 0.3) is 0 Å². The van der Waals surface area contributed by atoms with Crippen molar-refractivity contribution >= 4 is 17.8 Å². The second kappa shape index (κ2) is 7.56. The van der Waals surface area contributed by atoms with Gasteiger partial charge in [0.15, 0.2) is 0 Å². The van der Waals surface area contributed by atoms with Crippen LogP contribution in [0.3, 0.4) is 0 Å². The molecular formula is C9H12F3NO6. The zero-order valence-electron chi connectivity index (χ0n) is 9.82. The van der Waals surface area contributed by atoms with Gasteiger partial charge >= 0.3 is 18.1 Å². The fraction of sp³-hybridized carbons (Fsp3) is 0.667. The summed E-state index contributed by atoms with van der Waals surface area (Å²) in [6, 6.07) is -1.59. The van der Waals surface area contributed by atoms with Gasteiger partial charge in [-0.25, -0.2) is 4.79 Å². The van der Waals surface area contributed by atoms with Gasteiger partial charge in [0, 0.05) is 0 Å². The Morgan fingerprint density at radius 1 is 1.32 bits per heavy atom. The third kappa shape index (κ3) is 8.83. The molecule has 0 rings (SSSR count). The lowest BCUT2D eigenvalue weighted by Gasteiger charge is -2.13. The quantitative estimate of drug-likeness (QED) is 0.623. The maximum absolute atomic E-state index is 11.7. The van der Waals surface area contributed by atoms with E-state index >= 15 is 0 Å². The summed E-state index contributed by atoms with van der Waals surface area (Å²) in [4.78, 5) is 32.6. The summed E-state index contributed by atoms with van der Waals surface area (Å²) in [6.07, 6.45) is -5.23. The Hall–Kier alpha value is -1.84. The SMILES string of the molecule is COC(=O)C[C@H](NC(=O)COCC(F)(F)F)C(=O)O. The highest BCUT2D eigenvalue weighted by Gasteiger charge is 2.28. The van der Waals surface area contributed by atoms with Crippen LogP contribution < -0.4 is 5.32 Å². The minimum Gasteiger partial charge on any atom is -0.480 e. The van der Waals surface area contributed by atoms with E-state index in [0.29, 0.717) is 0 Å². The summed E-state index contributed by atoms with van der Waals surface area (Å²) in [5.74, 6) is -3.49. The lowest BCUT2D eigenvalue weighted by atomic mass is 10.2. The fourth-order valence-electron chi connectivity index (χ4n) is 0.946. The van der Waals surface area contributed by atoms with Crippen molar-refractivity contribution in [1.29, 1.82) is 0 Å². The minimum atomic E-state index is -4.58. The first kappa shape index (κ1) is 17.2. The van der Waals surface area contributed by atoms with Crippen LogP contribution >= 0.6 is 0 Å². The van der Waals surface area contributed by atoms with Crippen LogP contribution in [0.4, 0.5) is 13.2 Å². The van der Waals surface area contributed by atoms with Crippen molar-refractivity contribution in [2.45, 2.75) is 18.6 Å². The molecule has 1 amide bonds. The number of carboxylic acids is 1. The molecule has 0 aliphatic heterocycles. The standard InChI is InChI=1S/C9H12F3NO6/c1-18-7(15)2-5(8(16)17)13-6(14)3-19-4-9(10,11)12/h5H,2-4H2,1H3,(H,13,14)(H,16,17)/t5-/m0/s1. The summed E-state index contributed by atoms with van der Waals surface area (Å²) < 4.78 is 43.3. The number of esters is 1. The van der Waals surface area contributed by atoms with E-state index in [0.717, 1.165) is 7.11 Å². The van der Waals surface area contributed by atoms with E-state index in [1.54, 1.807) is 0 Å². The molecule has 19 heavy (non-hydrogen) atoms. The monoisotopic (exact) mass is 287 g/mol. The van der Waals surface area contributed by atoms with Crippen molar-refractivity contribution in [3.63, 3.8) is 0 Å². The lowest BCUT2D eigenvalue weighted by molar-refractivity contribution is -0.176. The largest absolute Gasteiger partial charge is 0.480 e. The van der Waals surface area contributed by atoms with E-state index in [2.05, 4.69) is 9.47 Å².